The van der Waals surface area contributed by atoms with E-state index in [0.29, 0.717) is 5.69 Å². The van der Waals surface area contributed by atoms with Gasteiger partial charge in [-0.15, -0.1) is 0 Å². The zero-order valence-corrected chi connectivity index (χ0v) is 9.13. The second-order valence-corrected chi connectivity index (χ2v) is 5.27. The number of nitrogens with zero attached hydrogens (tertiary/aromatic N) is 2. The molecular weight excluding hydrogens is 204 g/mol. The van der Waals surface area contributed by atoms with Gasteiger partial charge >= 0.3 is 0 Å². The Morgan fingerprint density at radius 2 is 2.21 bits per heavy atom. The number of hydrogen-bond acceptors (Lipinski definition) is 4. The molecule has 1 heterocycles. The molecule has 1 aromatic heterocycles. The summed E-state index contributed by atoms with van der Waals surface area (Å²) in [5, 5.41) is 18.6. The number of nitrogens with one attached hydrogen (secondary N) is 1. The molecule has 1 rings (SSSR count). The summed E-state index contributed by atoms with van der Waals surface area (Å²) in [7, 11) is -1.71. The number of aryl methyl sites for hydroxylation is 1. The van der Waals surface area contributed by atoms with E-state index in [-0.39, 0.29) is 5.03 Å². The minimum Gasteiger partial charge on any atom is -0.384 e. The second-order valence-electron chi connectivity index (χ2n) is 3.65. The van der Waals surface area contributed by atoms with Crippen LogP contribution in [0.3, 0.4) is 0 Å². The number of rotatable bonds is 2. The van der Waals surface area contributed by atoms with Gasteiger partial charge in [0.15, 0.2) is 14.9 Å². The van der Waals surface area contributed by atoms with E-state index in [1.807, 2.05) is 0 Å². The first-order valence-electron chi connectivity index (χ1n) is 3.96. The molecule has 80 valence electrons. The van der Waals surface area contributed by atoms with Crippen LogP contribution in [-0.4, -0.2) is 19.1 Å². The lowest BCUT2D eigenvalue weighted by Crippen LogP contribution is -2.19. The number of aromatic nitrogens is 2. The fourth-order valence-electron chi connectivity index (χ4n) is 1.16. The van der Waals surface area contributed by atoms with Gasteiger partial charge in [0.25, 0.3) is 0 Å². The van der Waals surface area contributed by atoms with E-state index >= 15 is 0 Å². The number of hydrogen-bond donors (Lipinski definition) is 3. The largest absolute Gasteiger partial charge is 0.384 e. The van der Waals surface area contributed by atoms with E-state index in [1.165, 1.54) is 10.7 Å². The Bertz CT molecular complexity index is 441. The predicted molar refractivity (Wildman–Crippen MR) is 51.8 cm³/mol. The molecule has 0 aliphatic heterocycles. The van der Waals surface area contributed by atoms with Crippen molar-refractivity contribution < 1.29 is 9.32 Å². The van der Waals surface area contributed by atoms with Gasteiger partial charge in [-0.1, -0.05) is 0 Å². The lowest BCUT2D eigenvalue weighted by Gasteiger charge is -2.16. The van der Waals surface area contributed by atoms with Crippen LogP contribution in [-0.2, 0) is 22.6 Å². The normalized spacial score (nSPS) is 16.6. The van der Waals surface area contributed by atoms with Gasteiger partial charge in [-0.2, -0.15) is 5.10 Å². The smallest absolute Gasteiger partial charge is 0.172 e. The SMILES string of the molecule is Cn1nc(S(=N)(N)=O)cc1C(C)(C)O. The van der Waals surface area contributed by atoms with Crippen molar-refractivity contribution in [1.82, 2.24) is 9.78 Å². The Balaban J connectivity index is 3.33. The van der Waals surface area contributed by atoms with Crippen LogP contribution in [0.4, 0.5) is 0 Å². The zero-order valence-electron chi connectivity index (χ0n) is 8.31. The molecule has 0 fully saturated rings. The fraction of sp³-hybridized carbons (Fsp3) is 0.571. The molecule has 0 aromatic carbocycles. The first-order valence-corrected chi connectivity index (χ1v) is 5.58. The monoisotopic (exact) mass is 218 g/mol. The highest BCUT2D eigenvalue weighted by Crippen LogP contribution is 2.21. The first-order chi connectivity index (χ1) is 6.12. The summed E-state index contributed by atoms with van der Waals surface area (Å²) in [6.07, 6.45) is 0. The Morgan fingerprint density at radius 1 is 1.71 bits per heavy atom. The molecule has 1 aromatic rings. The maximum absolute atomic E-state index is 11.2. The molecular formula is C7H14N4O2S. The number of aliphatic hydroxyl groups is 1. The second kappa shape index (κ2) is 3.04. The summed E-state index contributed by atoms with van der Waals surface area (Å²) in [6.45, 7) is 3.16. The topological polar surface area (TPSA) is 105 Å². The molecule has 0 spiro atoms. The summed E-state index contributed by atoms with van der Waals surface area (Å²) in [4.78, 5) is 0. The van der Waals surface area contributed by atoms with Crippen molar-refractivity contribution in [3.05, 3.63) is 11.8 Å². The van der Waals surface area contributed by atoms with Crippen molar-refractivity contribution in [2.75, 3.05) is 0 Å². The third-order valence-corrected chi connectivity index (χ3v) is 2.62. The quantitative estimate of drug-likeness (QED) is 0.646. The highest BCUT2D eigenvalue weighted by Gasteiger charge is 2.23. The summed E-state index contributed by atoms with van der Waals surface area (Å²) in [5.74, 6) is 0. The molecule has 0 saturated carbocycles. The van der Waals surface area contributed by atoms with Crippen LogP contribution < -0.4 is 5.14 Å². The molecule has 0 aliphatic rings. The van der Waals surface area contributed by atoms with Crippen molar-refractivity contribution >= 4 is 9.92 Å². The molecule has 1 unspecified atom stereocenters. The van der Waals surface area contributed by atoms with Gasteiger partial charge in [0.2, 0.25) is 0 Å². The van der Waals surface area contributed by atoms with Crippen molar-refractivity contribution in [2.45, 2.75) is 24.5 Å². The molecule has 1 atom stereocenters. The van der Waals surface area contributed by atoms with Crippen LogP contribution in [0.15, 0.2) is 11.1 Å². The van der Waals surface area contributed by atoms with Gasteiger partial charge in [0.1, 0.15) is 5.60 Å². The van der Waals surface area contributed by atoms with Crippen LogP contribution in [0.5, 0.6) is 0 Å². The van der Waals surface area contributed by atoms with Crippen molar-refractivity contribution in [3.63, 3.8) is 0 Å². The molecule has 0 amide bonds. The van der Waals surface area contributed by atoms with E-state index in [4.69, 9.17) is 9.92 Å². The molecule has 0 radical (unpaired) electrons. The number of nitrogens with two attached hydrogens (primary N) is 1. The van der Waals surface area contributed by atoms with Gasteiger partial charge in [0.05, 0.1) is 5.69 Å². The summed E-state index contributed by atoms with van der Waals surface area (Å²) in [6, 6.07) is 1.38. The maximum Gasteiger partial charge on any atom is 0.172 e. The molecule has 6 nitrogen and oxygen atoms in total. The van der Waals surface area contributed by atoms with Gasteiger partial charge < -0.3 is 5.11 Å². The molecule has 0 aliphatic carbocycles. The highest BCUT2D eigenvalue weighted by molar-refractivity contribution is 7.90. The van der Waals surface area contributed by atoms with E-state index in [9.17, 15) is 9.32 Å². The molecule has 0 saturated heterocycles. The maximum atomic E-state index is 11.2. The average molecular weight is 218 g/mol. The van der Waals surface area contributed by atoms with Crippen molar-refractivity contribution in [1.29, 1.82) is 4.78 Å². The Morgan fingerprint density at radius 3 is 2.43 bits per heavy atom. The van der Waals surface area contributed by atoms with Gasteiger partial charge in [0, 0.05) is 13.1 Å². The summed E-state index contributed by atoms with van der Waals surface area (Å²) < 4.78 is 19.7. The van der Waals surface area contributed by atoms with Crippen LogP contribution in [0.1, 0.15) is 19.5 Å². The first kappa shape index (κ1) is 11.2. The van der Waals surface area contributed by atoms with Crippen molar-refractivity contribution in [2.24, 2.45) is 12.2 Å². The van der Waals surface area contributed by atoms with Gasteiger partial charge in [-0.25, -0.2) is 14.1 Å². The third kappa shape index (κ3) is 2.11. The summed E-state index contributed by atoms with van der Waals surface area (Å²) >= 11 is 0. The lowest BCUT2D eigenvalue weighted by atomic mass is 10.1. The van der Waals surface area contributed by atoms with E-state index in [0.717, 1.165) is 0 Å². The zero-order chi connectivity index (χ0) is 11.1. The van der Waals surface area contributed by atoms with Gasteiger partial charge in [-0.05, 0) is 13.8 Å². The fourth-order valence-corrected chi connectivity index (χ4v) is 1.69. The minimum atomic E-state index is -3.31. The Hall–Kier alpha value is -0.920. The van der Waals surface area contributed by atoms with Crippen LogP contribution >= 0.6 is 0 Å². The third-order valence-electron chi connectivity index (χ3n) is 1.79. The van der Waals surface area contributed by atoms with Crippen LogP contribution in [0.25, 0.3) is 0 Å². The standard InChI is InChI=1S/C7H14N4O2S/c1-7(2,12)5-4-6(10-11(5)3)14(8,9)13/h4,12H,1-3H3,(H3,8,9,13). The molecule has 14 heavy (non-hydrogen) atoms. The van der Waals surface area contributed by atoms with Crippen LogP contribution in [0.2, 0.25) is 0 Å². The molecule has 4 N–H and O–H groups in total. The highest BCUT2D eigenvalue weighted by atomic mass is 32.2. The predicted octanol–water partition coefficient (Wildman–Crippen LogP) is -0.0731. The average Bonchev–Trinajstić information content (AvgIpc) is 2.27. The summed E-state index contributed by atoms with van der Waals surface area (Å²) in [5.41, 5.74) is -0.622. The lowest BCUT2D eigenvalue weighted by molar-refractivity contribution is 0.0696. The van der Waals surface area contributed by atoms with E-state index in [1.54, 1.807) is 20.9 Å². The van der Waals surface area contributed by atoms with E-state index < -0.39 is 15.5 Å². The van der Waals surface area contributed by atoms with Crippen molar-refractivity contribution in [3.8, 4) is 0 Å². The van der Waals surface area contributed by atoms with Gasteiger partial charge in [-0.3, -0.25) is 4.68 Å². The van der Waals surface area contributed by atoms with Crippen LogP contribution in [0, 0.1) is 4.78 Å². The molecule has 7 heteroatoms. The Kier molecular flexibility index (Phi) is 2.42. The minimum absolute atomic E-state index is 0.0166. The molecule has 0 bridgehead atoms. The Labute approximate surface area is 82.8 Å². The van der Waals surface area contributed by atoms with E-state index in [2.05, 4.69) is 5.10 Å².